The van der Waals surface area contributed by atoms with E-state index in [1.165, 1.54) is 0 Å². The molecule has 0 aromatic heterocycles. The van der Waals surface area contributed by atoms with Gasteiger partial charge in [-0.25, -0.2) is 4.79 Å². The molecule has 1 aliphatic heterocycles. The second-order valence-electron chi connectivity index (χ2n) is 6.82. The quantitative estimate of drug-likeness (QED) is 0.688. The van der Waals surface area contributed by atoms with Gasteiger partial charge in [0.15, 0.2) is 0 Å². The molecule has 0 unspecified atom stereocenters. The van der Waals surface area contributed by atoms with Crippen molar-refractivity contribution in [2.24, 2.45) is 0 Å². The van der Waals surface area contributed by atoms with E-state index < -0.39 is 10.9 Å². The summed E-state index contributed by atoms with van der Waals surface area (Å²) < 4.78 is 5.01. The minimum Gasteiger partial charge on any atom is -0.450 e. The fraction of sp³-hybridized carbons (Fsp3) is 0.450. The highest BCUT2D eigenvalue weighted by Gasteiger charge is 2.27. The van der Waals surface area contributed by atoms with Crippen LogP contribution in [0.25, 0.3) is 0 Å². The van der Waals surface area contributed by atoms with E-state index in [9.17, 15) is 14.4 Å². The summed E-state index contributed by atoms with van der Waals surface area (Å²) in [6.07, 6.45) is 1.80. The highest BCUT2D eigenvalue weighted by atomic mass is 35.5. The predicted octanol–water partition coefficient (Wildman–Crippen LogP) is 2.62. The van der Waals surface area contributed by atoms with Crippen LogP contribution in [0.1, 0.15) is 25.3 Å². The lowest BCUT2D eigenvalue weighted by atomic mass is 10.0. The summed E-state index contributed by atoms with van der Waals surface area (Å²) in [7, 11) is 0. The average Bonchev–Trinajstić information content (AvgIpc) is 2.71. The van der Waals surface area contributed by atoms with E-state index in [1.807, 2.05) is 24.3 Å². The Balaban J connectivity index is 1.51. The van der Waals surface area contributed by atoms with Gasteiger partial charge in [-0.05, 0) is 43.9 Å². The molecule has 150 valence electrons. The number of hydrogen-bond acceptors (Lipinski definition) is 6. The number of benzene rings is 1. The number of carbonyl (C=O) groups excluding carboxylic acids is 1. The van der Waals surface area contributed by atoms with Gasteiger partial charge < -0.3 is 20.3 Å². The van der Waals surface area contributed by atoms with E-state index in [-0.39, 0.29) is 12.1 Å². The first-order valence-electron chi connectivity index (χ1n) is 9.49. The summed E-state index contributed by atoms with van der Waals surface area (Å²) in [4.78, 5) is 37.3. The summed E-state index contributed by atoms with van der Waals surface area (Å²) in [6, 6.07) is 7.56. The molecule has 1 heterocycles. The van der Waals surface area contributed by atoms with Gasteiger partial charge >= 0.3 is 6.09 Å². The van der Waals surface area contributed by atoms with Crippen LogP contribution in [0.5, 0.6) is 0 Å². The monoisotopic (exact) mass is 405 g/mol. The number of rotatable bonds is 7. The molecule has 1 aliphatic rings. The van der Waals surface area contributed by atoms with Gasteiger partial charge in [-0.15, -0.1) is 0 Å². The normalized spacial score (nSPS) is 14.9. The van der Waals surface area contributed by atoms with Crippen molar-refractivity contribution < 1.29 is 9.53 Å². The third kappa shape index (κ3) is 4.65. The van der Waals surface area contributed by atoms with Crippen molar-refractivity contribution in [1.82, 2.24) is 4.90 Å². The lowest BCUT2D eigenvalue weighted by molar-refractivity contribution is 0.0983. The average molecular weight is 406 g/mol. The predicted molar refractivity (Wildman–Crippen MR) is 110 cm³/mol. The van der Waals surface area contributed by atoms with Crippen molar-refractivity contribution in [3.05, 3.63) is 55.3 Å². The van der Waals surface area contributed by atoms with Crippen molar-refractivity contribution in [2.45, 2.75) is 32.2 Å². The number of piperidine rings is 1. The van der Waals surface area contributed by atoms with Crippen LogP contribution < -0.4 is 21.5 Å². The van der Waals surface area contributed by atoms with Crippen LogP contribution in [0, 0.1) is 0 Å². The highest BCUT2D eigenvalue weighted by molar-refractivity contribution is 6.30. The highest BCUT2D eigenvalue weighted by Crippen LogP contribution is 2.21. The van der Waals surface area contributed by atoms with E-state index in [0.717, 1.165) is 5.56 Å². The smallest absolute Gasteiger partial charge is 0.409 e. The zero-order chi connectivity index (χ0) is 20.1. The lowest BCUT2D eigenvalue weighted by Crippen LogP contribution is -2.45. The first kappa shape index (κ1) is 20.2. The fourth-order valence-corrected chi connectivity index (χ4v) is 3.43. The van der Waals surface area contributed by atoms with Crippen LogP contribution in [0.3, 0.4) is 0 Å². The summed E-state index contributed by atoms with van der Waals surface area (Å²) in [6.45, 7) is 3.80. The Morgan fingerprint density at radius 2 is 1.79 bits per heavy atom. The molecule has 2 N–H and O–H groups in total. The first-order chi connectivity index (χ1) is 13.5. The molecule has 0 spiro atoms. The maximum absolute atomic E-state index is 12.0. The van der Waals surface area contributed by atoms with Crippen molar-refractivity contribution in [1.29, 1.82) is 0 Å². The van der Waals surface area contributed by atoms with Gasteiger partial charge in [-0.3, -0.25) is 9.59 Å². The van der Waals surface area contributed by atoms with Gasteiger partial charge in [-0.2, -0.15) is 0 Å². The van der Waals surface area contributed by atoms with Crippen LogP contribution in [0.15, 0.2) is 33.9 Å². The molecular weight excluding hydrogens is 382 g/mol. The van der Waals surface area contributed by atoms with Crippen LogP contribution >= 0.6 is 11.6 Å². The maximum Gasteiger partial charge on any atom is 0.409 e. The standard InChI is InChI=1S/C20H24ClN3O4/c1-2-28-20(27)24-11-8-15(9-12-24)23-17-16(18(25)19(17)26)22-10-7-13-3-5-14(21)6-4-13/h3-6,15,22-23H,2,7-12H2,1H3. The van der Waals surface area contributed by atoms with Crippen LogP contribution in [0.2, 0.25) is 5.02 Å². The number of amides is 1. The number of likely N-dealkylation sites (tertiary alicyclic amines) is 1. The number of ether oxygens (including phenoxy) is 1. The number of nitrogens with one attached hydrogen (secondary N) is 2. The topological polar surface area (TPSA) is 87.7 Å². The third-order valence-electron chi connectivity index (χ3n) is 4.91. The van der Waals surface area contributed by atoms with Gasteiger partial charge in [0.1, 0.15) is 11.4 Å². The Kier molecular flexibility index (Phi) is 6.57. The largest absolute Gasteiger partial charge is 0.450 e. The second-order valence-corrected chi connectivity index (χ2v) is 7.25. The number of carbonyl (C=O) groups is 1. The van der Waals surface area contributed by atoms with E-state index in [1.54, 1.807) is 11.8 Å². The summed E-state index contributed by atoms with van der Waals surface area (Å²) >= 11 is 5.87. The second kappa shape index (κ2) is 9.10. The molecule has 1 amide bonds. The Bertz CT molecular complexity index is 882. The summed E-state index contributed by atoms with van der Waals surface area (Å²) in [5.41, 5.74) is 0.836. The van der Waals surface area contributed by atoms with Crippen molar-refractivity contribution in [3.63, 3.8) is 0 Å². The van der Waals surface area contributed by atoms with Crippen LogP contribution in [-0.2, 0) is 11.2 Å². The lowest BCUT2D eigenvalue weighted by Gasteiger charge is -2.32. The zero-order valence-electron chi connectivity index (χ0n) is 15.8. The molecule has 0 atom stereocenters. The molecule has 0 bridgehead atoms. The molecule has 28 heavy (non-hydrogen) atoms. The Hall–Kier alpha value is -2.54. The molecule has 0 radical (unpaired) electrons. The molecule has 2 aromatic carbocycles. The molecule has 2 aromatic rings. The van der Waals surface area contributed by atoms with Gasteiger partial charge in [0.25, 0.3) is 10.9 Å². The maximum atomic E-state index is 12.0. The van der Waals surface area contributed by atoms with Crippen LogP contribution in [0.4, 0.5) is 16.2 Å². The van der Waals surface area contributed by atoms with E-state index in [2.05, 4.69) is 10.6 Å². The first-order valence-corrected chi connectivity index (χ1v) is 9.87. The molecule has 1 fully saturated rings. The van der Waals surface area contributed by atoms with Crippen LogP contribution in [-0.4, -0.2) is 43.3 Å². The van der Waals surface area contributed by atoms with Gasteiger partial charge in [0, 0.05) is 30.7 Å². The molecular formula is C20H24ClN3O4. The third-order valence-corrected chi connectivity index (χ3v) is 5.16. The number of nitrogens with zero attached hydrogens (tertiary/aromatic N) is 1. The van der Waals surface area contributed by atoms with E-state index in [0.29, 0.717) is 61.9 Å². The number of anilines is 2. The Morgan fingerprint density at radius 3 is 2.43 bits per heavy atom. The molecule has 1 saturated heterocycles. The molecule has 7 nitrogen and oxygen atoms in total. The van der Waals surface area contributed by atoms with Gasteiger partial charge in [0.2, 0.25) is 0 Å². The molecule has 0 saturated carbocycles. The SMILES string of the molecule is CCOC(=O)N1CCC(Nc2c(NCCc3ccc(Cl)cc3)c(=O)c2=O)CC1. The fourth-order valence-electron chi connectivity index (χ4n) is 3.31. The Morgan fingerprint density at radius 1 is 1.14 bits per heavy atom. The van der Waals surface area contributed by atoms with Gasteiger partial charge in [0.05, 0.1) is 6.61 Å². The zero-order valence-corrected chi connectivity index (χ0v) is 16.6. The Labute approximate surface area is 168 Å². The minimum absolute atomic E-state index is 0.0470. The molecule has 3 rings (SSSR count). The number of hydrogen-bond donors (Lipinski definition) is 2. The van der Waals surface area contributed by atoms with Crippen molar-refractivity contribution >= 4 is 29.1 Å². The summed E-state index contributed by atoms with van der Waals surface area (Å²) in [5.74, 6) is 0. The molecule has 8 heteroatoms. The molecule has 0 aliphatic carbocycles. The van der Waals surface area contributed by atoms with Gasteiger partial charge in [-0.1, -0.05) is 23.7 Å². The van der Waals surface area contributed by atoms with E-state index in [4.69, 9.17) is 16.3 Å². The minimum atomic E-state index is -0.484. The van der Waals surface area contributed by atoms with Crippen molar-refractivity contribution in [3.8, 4) is 0 Å². The van der Waals surface area contributed by atoms with E-state index >= 15 is 0 Å². The number of halogens is 1. The van der Waals surface area contributed by atoms with Crippen molar-refractivity contribution in [2.75, 3.05) is 36.9 Å². The summed E-state index contributed by atoms with van der Waals surface area (Å²) in [5, 5.41) is 6.94.